The maximum absolute atomic E-state index is 13.1. The molecular weight excluding hydrogens is 163 g/mol. The highest BCUT2D eigenvalue weighted by molar-refractivity contribution is 6.20. The molecule has 0 spiro atoms. The first kappa shape index (κ1) is 8.54. The zero-order valence-electron chi connectivity index (χ0n) is 6.30. The summed E-state index contributed by atoms with van der Waals surface area (Å²) in [4.78, 5) is 0. The van der Waals surface area contributed by atoms with Gasteiger partial charge in [0, 0.05) is 0 Å². The van der Waals surface area contributed by atoms with Crippen LogP contribution in [0.4, 0.5) is 4.39 Å². The molecule has 0 aliphatic heterocycles. The number of hydrogen-bond acceptors (Lipinski definition) is 0. The van der Waals surface area contributed by atoms with Crippen molar-refractivity contribution in [2.45, 2.75) is 18.5 Å². The highest BCUT2D eigenvalue weighted by Crippen LogP contribution is 2.24. The minimum absolute atomic E-state index is 0.461. The van der Waals surface area contributed by atoms with Gasteiger partial charge in [0.05, 0.1) is 5.38 Å². The lowest BCUT2D eigenvalue weighted by Gasteiger charge is -2.09. The minimum Gasteiger partial charge on any atom is -0.241 e. The van der Waals surface area contributed by atoms with Crippen LogP contribution in [0.2, 0.25) is 0 Å². The monoisotopic (exact) mass is 172 g/mol. The van der Waals surface area contributed by atoms with Crippen LogP contribution >= 0.6 is 11.6 Å². The number of benzene rings is 1. The third-order valence-electron chi connectivity index (χ3n) is 1.52. The van der Waals surface area contributed by atoms with Gasteiger partial charge in [-0.05, 0) is 12.5 Å². The molecule has 0 saturated carbocycles. The molecule has 0 aliphatic carbocycles. The molecule has 0 amide bonds. The number of rotatable bonds is 2. The third kappa shape index (κ3) is 2.19. The predicted octanol–water partition coefficient (Wildman–Crippen LogP) is 3.32. The Kier molecular flexibility index (Phi) is 2.89. The van der Waals surface area contributed by atoms with Gasteiger partial charge < -0.3 is 0 Å². The molecule has 1 aromatic carbocycles. The van der Waals surface area contributed by atoms with Crippen molar-refractivity contribution in [2.24, 2.45) is 0 Å². The third-order valence-corrected chi connectivity index (χ3v) is 1.74. The average molecular weight is 173 g/mol. The smallest absolute Gasteiger partial charge is 0.141 e. The summed E-state index contributed by atoms with van der Waals surface area (Å²) in [6.07, 6.45) is -1.06. The molecule has 0 nitrogen and oxygen atoms in total. The Balaban J connectivity index is 2.77. The van der Waals surface area contributed by atoms with Crippen LogP contribution in [-0.4, -0.2) is 5.38 Å². The van der Waals surface area contributed by atoms with Gasteiger partial charge in [-0.3, -0.25) is 0 Å². The lowest BCUT2D eigenvalue weighted by atomic mass is 10.1. The van der Waals surface area contributed by atoms with E-state index in [0.717, 1.165) is 0 Å². The molecule has 1 rings (SSSR count). The second-order valence-electron chi connectivity index (χ2n) is 2.49. The Morgan fingerprint density at radius 2 is 1.82 bits per heavy atom. The molecule has 0 N–H and O–H groups in total. The van der Waals surface area contributed by atoms with E-state index < -0.39 is 11.5 Å². The van der Waals surface area contributed by atoms with Gasteiger partial charge in [0.15, 0.2) is 0 Å². The Labute approximate surface area is 71.0 Å². The average Bonchev–Trinajstić information content (AvgIpc) is 2.05. The summed E-state index contributed by atoms with van der Waals surface area (Å²) >= 11 is 5.59. The van der Waals surface area contributed by atoms with Crippen molar-refractivity contribution >= 4 is 11.6 Å². The van der Waals surface area contributed by atoms with E-state index in [1.54, 1.807) is 31.2 Å². The zero-order valence-corrected chi connectivity index (χ0v) is 7.05. The lowest BCUT2D eigenvalue weighted by Crippen LogP contribution is -2.02. The molecule has 0 aromatic heterocycles. The van der Waals surface area contributed by atoms with Gasteiger partial charge in [0.25, 0.3) is 0 Å². The van der Waals surface area contributed by atoms with Crippen molar-refractivity contribution in [2.75, 3.05) is 0 Å². The molecule has 2 unspecified atom stereocenters. The predicted molar refractivity (Wildman–Crippen MR) is 45.6 cm³/mol. The zero-order chi connectivity index (χ0) is 8.27. The maximum Gasteiger partial charge on any atom is 0.141 e. The molecule has 0 bridgehead atoms. The van der Waals surface area contributed by atoms with Gasteiger partial charge in [-0.1, -0.05) is 30.3 Å². The van der Waals surface area contributed by atoms with Crippen molar-refractivity contribution in [1.82, 2.24) is 0 Å². The van der Waals surface area contributed by atoms with E-state index in [2.05, 4.69) is 0 Å². The van der Waals surface area contributed by atoms with Crippen molar-refractivity contribution in [3.8, 4) is 0 Å². The summed E-state index contributed by atoms with van der Waals surface area (Å²) in [7, 11) is 0. The number of alkyl halides is 2. The lowest BCUT2D eigenvalue weighted by molar-refractivity contribution is 0.339. The fourth-order valence-corrected chi connectivity index (χ4v) is 1.05. The maximum atomic E-state index is 13.1. The molecule has 1 aromatic rings. The second-order valence-corrected chi connectivity index (χ2v) is 3.18. The topological polar surface area (TPSA) is 0 Å². The quantitative estimate of drug-likeness (QED) is 0.601. The van der Waals surface area contributed by atoms with Crippen LogP contribution in [0, 0.1) is 0 Å². The number of halogens is 2. The van der Waals surface area contributed by atoms with Gasteiger partial charge in [-0.2, -0.15) is 0 Å². The van der Waals surface area contributed by atoms with E-state index in [1.807, 2.05) is 6.07 Å². The fraction of sp³-hybridized carbons (Fsp3) is 0.333. The highest BCUT2D eigenvalue weighted by atomic mass is 35.5. The Morgan fingerprint density at radius 1 is 1.27 bits per heavy atom. The largest absolute Gasteiger partial charge is 0.241 e. The van der Waals surface area contributed by atoms with Gasteiger partial charge in [-0.25, -0.2) is 4.39 Å². The van der Waals surface area contributed by atoms with E-state index >= 15 is 0 Å². The van der Waals surface area contributed by atoms with Crippen molar-refractivity contribution in [3.05, 3.63) is 35.9 Å². The molecule has 0 heterocycles. The standard InChI is InChI=1S/C9H10ClF/c1-7(10)9(11)8-5-3-2-4-6-8/h2-7,9H,1H3. The van der Waals surface area contributed by atoms with Crippen LogP contribution in [0.25, 0.3) is 0 Å². The van der Waals surface area contributed by atoms with Crippen molar-refractivity contribution in [3.63, 3.8) is 0 Å². The summed E-state index contributed by atoms with van der Waals surface area (Å²) in [6, 6.07) is 8.95. The Morgan fingerprint density at radius 3 is 2.27 bits per heavy atom. The first-order valence-corrected chi connectivity index (χ1v) is 3.98. The van der Waals surface area contributed by atoms with Crippen molar-refractivity contribution in [1.29, 1.82) is 0 Å². The molecule has 0 radical (unpaired) electrons. The molecule has 0 fully saturated rings. The van der Waals surface area contributed by atoms with Crippen LogP contribution in [0.5, 0.6) is 0 Å². The normalized spacial score (nSPS) is 15.9. The molecule has 11 heavy (non-hydrogen) atoms. The summed E-state index contributed by atoms with van der Waals surface area (Å²) in [6.45, 7) is 1.65. The van der Waals surface area contributed by atoms with Crippen LogP contribution in [0.3, 0.4) is 0 Å². The van der Waals surface area contributed by atoms with E-state index in [9.17, 15) is 4.39 Å². The van der Waals surface area contributed by atoms with Gasteiger partial charge in [0.1, 0.15) is 6.17 Å². The molecule has 2 heteroatoms. The van der Waals surface area contributed by atoms with Crippen molar-refractivity contribution < 1.29 is 4.39 Å². The van der Waals surface area contributed by atoms with E-state index in [-0.39, 0.29) is 0 Å². The van der Waals surface area contributed by atoms with Crippen LogP contribution < -0.4 is 0 Å². The number of hydrogen-bond donors (Lipinski definition) is 0. The molecule has 60 valence electrons. The molecule has 0 saturated heterocycles. The summed E-state index contributed by atoms with van der Waals surface area (Å²) in [5.41, 5.74) is 0.648. The molecular formula is C9H10ClF. The van der Waals surface area contributed by atoms with Crippen LogP contribution in [-0.2, 0) is 0 Å². The van der Waals surface area contributed by atoms with E-state index in [0.29, 0.717) is 5.56 Å². The molecule has 0 aliphatic rings. The minimum atomic E-state index is -1.06. The van der Waals surface area contributed by atoms with Crippen LogP contribution in [0.15, 0.2) is 30.3 Å². The van der Waals surface area contributed by atoms with Crippen LogP contribution in [0.1, 0.15) is 18.7 Å². The summed E-state index contributed by atoms with van der Waals surface area (Å²) in [5.74, 6) is 0. The summed E-state index contributed by atoms with van der Waals surface area (Å²) < 4.78 is 13.1. The molecule has 2 atom stereocenters. The SMILES string of the molecule is CC(Cl)C(F)c1ccccc1. The fourth-order valence-electron chi connectivity index (χ4n) is 0.902. The Bertz CT molecular complexity index is 208. The van der Waals surface area contributed by atoms with Gasteiger partial charge in [-0.15, -0.1) is 11.6 Å². The van der Waals surface area contributed by atoms with E-state index in [1.165, 1.54) is 0 Å². The van der Waals surface area contributed by atoms with E-state index in [4.69, 9.17) is 11.6 Å². The highest BCUT2D eigenvalue weighted by Gasteiger charge is 2.14. The van der Waals surface area contributed by atoms with Gasteiger partial charge >= 0.3 is 0 Å². The first-order chi connectivity index (χ1) is 5.22. The Hall–Kier alpha value is -0.560. The second kappa shape index (κ2) is 3.72. The summed E-state index contributed by atoms with van der Waals surface area (Å²) in [5, 5.41) is -0.461. The first-order valence-electron chi connectivity index (χ1n) is 3.55. The van der Waals surface area contributed by atoms with Gasteiger partial charge in [0.2, 0.25) is 0 Å².